The van der Waals surface area contributed by atoms with Crippen LogP contribution in [0.4, 0.5) is 5.69 Å². The number of methoxy groups -OCH3 is 1. The largest absolute Gasteiger partial charge is 0.496 e. The number of ether oxygens (including phenoxy) is 2. The Balaban J connectivity index is 1.52. The van der Waals surface area contributed by atoms with E-state index in [0.717, 1.165) is 11.3 Å². The highest BCUT2D eigenvalue weighted by Crippen LogP contribution is 2.34. The van der Waals surface area contributed by atoms with E-state index in [1.807, 2.05) is 43.3 Å². The van der Waals surface area contributed by atoms with Crippen molar-refractivity contribution in [3.63, 3.8) is 0 Å². The third-order valence-electron chi connectivity index (χ3n) is 4.53. The highest BCUT2D eigenvalue weighted by Gasteiger charge is 2.31. The van der Waals surface area contributed by atoms with Gasteiger partial charge in [-0.2, -0.15) is 0 Å². The molecule has 0 saturated carbocycles. The van der Waals surface area contributed by atoms with Gasteiger partial charge in [-0.05, 0) is 49.8 Å². The van der Waals surface area contributed by atoms with Gasteiger partial charge in [-0.15, -0.1) is 0 Å². The fourth-order valence-corrected chi connectivity index (χ4v) is 4.34. The van der Waals surface area contributed by atoms with E-state index in [9.17, 15) is 9.59 Å². The number of carbonyl (C=O) groups is 2. The van der Waals surface area contributed by atoms with Gasteiger partial charge in [0.1, 0.15) is 15.8 Å². The lowest BCUT2D eigenvalue weighted by Gasteiger charge is -2.14. The van der Waals surface area contributed by atoms with Gasteiger partial charge in [0, 0.05) is 24.2 Å². The van der Waals surface area contributed by atoms with Gasteiger partial charge in [-0.1, -0.05) is 42.2 Å². The molecule has 162 valence electrons. The number of hydrogen-bond donors (Lipinski definition) is 1. The van der Waals surface area contributed by atoms with Crippen molar-refractivity contribution in [3.05, 3.63) is 59.0 Å². The summed E-state index contributed by atoms with van der Waals surface area (Å²) in [5, 5.41) is 2.85. The molecular formula is C23H24N2O4S2. The van der Waals surface area contributed by atoms with Crippen LogP contribution in [0.25, 0.3) is 6.08 Å². The zero-order chi connectivity index (χ0) is 22.2. The second kappa shape index (κ2) is 11.0. The van der Waals surface area contributed by atoms with Crippen molar-refractivity contribution in [2.24, 2.45) is 0 Å². The summed E-state index contributed by atoms with van der Waals surface area (Å²) in [6.45, 7) is 2.91. The minimum Gasteiger partial charge on any atom is -0.496 e. The number of hydrogen-bond acceptors (Lipinski definition) is 6. The first kappa shape index (κ1) is 22.8. The summed E-state index contributed by atoms with van der Waals surface area (Å²) in [5.41, 5.74) is 1.53. The van der Waals surface area contributed by atoms with E-state index in [4.69, 9.17) is 21.7 Å². The van der Waals surface area contributed by atoms with Crippen molar-refractivity contribution >= 4 is 51.9 Å². The molecule has 0 radical (unpaired) electrons. The number of thiocarbonyl (C=S) groups is 1. The fraction of sp³-hybridized carbons (Fsp3) is 0.261. The normalized spacial score (nSPS) is 14.8. The molecular weight excluding hydrogens is 432 g/mol. The van der Waals surface area contributed by atoms with Crippen molar-refractivity contribution in [1.82, 2.24) is 4.90 Å². The predicted molar refractivity (Wildman–Crippen MR) is 128 cm³/mol. The van der Waals surface area contributed by atoms with Gasteiger partial charge in [0.25, 0.3) is 5.91 Å². The highest BCUT2D eigenvalue weighted by molar-refractivity contribution is 8.26. The average molecular weight is 457 g/mol. The lowest BCUT2D eigenvalue weighted by Crippen LogP contribution is -2.29. The van der Waals surface area contributed by atoms with Crippen LogP contribution in [0.5, 0.6) is 11.5 Å². The molecule has 1 heterocycles. The molecule has 0 aliphatic carbocycles. The molecule has 1 fully saturated rings. The quantitative estimate of drug-likeness (QED) is 0.435. The SMILES string of the molecule is CCOc1ccc(NC(=O)CCCN2C(=O)/C(=C/c3ccccc3OC)SC2=S)cc1. The van der Waals surface area contributed by atoms with Gasteiger partial charge >= 0.3 is 0 Å². The molecule has 8 heteroatoms. The van der Waals surface area contributed by atoms with Gasteiger partial charge in [0.15, 0.2) is 0 Å². The zero-order valence-corrected chi connectivity index (χ0v) is 19.1. The molecule has 3 rings (SSSR count). The van der Waals surface area contributed by atoms with E-state index in [1.54, 1.807) is 30.2 Å². The number of rotatable bonds is 9. The van der Waals surface area contributed by atoms with E-state index in [1.165, 1.54) is 11.8 Å². The van der Waals surface area contributed by atoms with Crippen molar-refractivity contribution in [2.45, 2.75) is 19.8 Å². The summed E-state index contributed by atoms with van der Waals surface area (Å²) in [6, 6.07) is 14.7. The second-order valence-corrected chi connectivity index (χ2v) is 8.36. The first-order valence-electron chi connectivity index (χ1n) is 9.93. The number of carbonyl (C=O) groups excluding carboxylic acids is 2. The topological polar surface area (TPSA) is 67.9 Å². The number of amides is 2. The maximum absolute atomic E-state index is 12.8. The third-order valence-corrected chi connectivity index (χ3v) is 5.91. The Morgan fingerprint density at radius 1 is 1.19 bits per heavy atom. The number of nitrogens with one attached hydrogen (secondary N) is 1. The first-order valence-corrected chi connectivity index (χ1v) is 11.2. The van der Waals surface area contributed by atoms with Crippen LogP contribution in [0.1, 0.15) is 25.3 Å². The Kier molecular flexibility index (Phi) is 8.08. The maximum Gasteiger partial charge on any atom is 0.266 e. The molecule has 2 aromatic rings. The summed E-state index contributed by atoms with van der Waals surface area (Å²) >= 11 is 6.64. The first-order chi connectivity index (χ1) is 15.0. The molecule has 0 atom stereocenters. The molecule has 0 aromatic heterocycles. The summed E-state index contributed by atoms with van der Waals surface area (Å²) in [4.78, 5) is 27.1. The minimum atomic E-state index is -0.146. The van der Waals surface area contributed by atoms with Gasteiger partial charge in [-0.3, -0.25) is 14.5 Å². The lowest BCUT2D eigenvalue weighted by atomic mass is 10.2. The molecule has 1 N–H and O–H groups in total. The number of benzene rings is 2. The molecule has 31 heavy (non-hydrogen) atoms. The Labute approximate surface area is 191 Å². The summed E-state index contributed by atoms with van der Waals surface area (Å²) < 4.78 is 11.2. The monoisotopic (exact) mass is 456 g/mol. The van der Waals surface area contributed by atoms with Crippen LogP contribution in [-0.4, -0.2) is 41.3 Å². The predicted octanol–water partition coefficient (Wildman–Crippen LogP) is 4.71. The molecule has 1 saturated heterocycles. The molecule has 0 spiro atoms. The van der Waals surface area contributed by atoms with Gasteiger partial charge in [-0.25, -0.2) is 0 Å². The van der Waals surface area contributed by atoms with Crippen LogP contribution < -0.4 is 14.8 Å². The van der Waals surface area contributed by atoms with Gasteiger partial charge < -0.3 is 14.8 Å². The van der Waals surface area contributed by atoms with Crippen molar-refractivity contribution in [2.75, 3.05) is 25.6 Å². The van der Waals surface area contributed by atoms with E-state index in [2.05, 4.69) is 5.32 Å². The third kappa shape index (κ3) is 6.08. The summed E-state index contributed by atoms with van der Waals surface area (Å²) in [7, 11) is 1.59. The molecule has 6 nitrogen and oxygen atoms in total. The molecule has 2 aromatic carbocycles. The van der Waals surface area contributed by atoms with Crippen LogP contribution in [0.2, 0.25) is 0 Å². The van der Waals surface area contributed by atoms with Crippen LogP contribution >= 0.6 is 24.0 Å². The number of para-hydroxylation sites is 1. The number of anilines is 1. The highest BCUT2D eigenvalue weighted by atomic mass is 32.2. The minimum absolute atomic E-state index is 0.112. The van der Waals surface area contributed by atoms with E-state index in [0.29, 0.717) is 40.2 Å². The number of nitrogens with zero attached hydrogens (tertiary/aromatic N) is 1. The van der Waals surface area contributed by atoms with E-state index >= 15 is 0 Å². The average Bonchev–Trinajstić information content (AvgIpc) is 3.03. The summed E-state index contributed by atoms with van der Waals surface area (Å²) in [5.74, 6) is 1.20. The maximum atomic E-state index is 12.8. The molecule has 1 aliphatic rings. The Hall–Kier alpha value is -2.84. The van der Waals surface area contributed by atoms with Crippen LogP contribution in [-0.2, 0) is 9.59 Å². The summed E-state index contributed by atoms with van der Waals surface area (Å²) in [6.07, 6.45) is 2.59. The van der Waals surface area contributed by atoms with E-state index in [-0.39, 0.29) is 18.2 Å². The van der Waals surface area contributed by atoms with Crippen molar-refractivity contribution < 1.29 is 19.1 Å². The van der Waals surface area contributed by atoms with Crippen LogP contribution in [0.15, 0.2) is 53.4 Å². The van der Waals surface area contributed by atoms with Gasteiger partial charge in [0.05, 0.1) is 18.6 Å². The molecule has 2 amide bonds. The zero-order valence-electron chi connectivity index (χ0n) is 17.4. The smallest absolute Gasteiger partial charge is 0.266 e. The van der Waals surface area contributed by atoms with Crippen molar-refractivity contribution in [3.8, 4) is 11.5 Å². The molecule has 0 bridgehead atoms. The van der Waals surface area contributed by atoms with Crippen LogP contribution in [0, 0.1) is 0 Å². The fourth-order valence-electron chi connectivity index (χ4n) is 3.04. The molecule has 0 unspecified atom stereocenters. The van der Waals surface area contributed by atoms with Gasteiger partial charge in [0.2, 0.25) is 5.91 Å². The standard InChI is InChI=1S/C23H24N2O4S2/c1-3-29-18-12-10-17(11-13-18)24-21(26)9-6-14-25-22(27)20(31-23(25)30)15-16-7-4-5-8-19(16)28-2/h4-5,7-8,10-13,15H,3,6,9,14H2,1-2H3,(H,24,26)/b20-15-. The van der Waals surface area contributed by atoms with Crippen LogP contribution in [0.3, 0.4) is 0 Å². The lowest BCUT2D eigenvalue weighted by molar-refractivity contribution is -0.122. The Morgan fingerprint density at radius 3 is 2.65 bits per heavy atom. The Morgan fingerprint density at radius 2 is 1.94 bits per heavy atom. The molecule has 1 aliphatic heterocycles. The van der Waals surface area contributed by atoms with Crippen molar-refractivity contribution in [1.29, 1.82) is 0 Å². The Bertz CT molecular complexity index is 989. The number of thioether (sulfide) groups is 1. The van der Waals surface area contributed by atoms with E-state index < -0.39 is 0 Å². The second-order valence-electron chi connectivity index (χ2n) is 6.68.